The molecular weight excluding hydrogens is 352 g/mol. The van der Waals surface area contributed by atoms with Crippen LogP contribution in [0.3, 0.4) is 0 Å². The van der Waals surface area contributed by atoms with Gasteiger partial charge in [-0.2, -0.15) is 0 Å². The van der Waals surface area contributed by atoms with Crippen molar-refractivity contribution in [2.45, 2.75) is 19.8 Å². The van der Waals surface area contributed by atoms with Crippen LogP contribution < -0.4 is 5.32 Å². The largest absolute Gasteiger partial charge is 0.335 e. The topological polar surface area (TPSA) is 37.8 Å². The Morgan fingerprint density at radius 2 is 1.80 bits per heavy atom. The molecule has 2 aromatic rings. The van der Waals surface area contributed by atoms with Crippen molar-refractivity contribution >= 4 is 39.0 Å². The van der Waals surface area contributed by atoms with Crippen molar-refractivity contribution in [2.75, 3.05) is 5.32 Å². The van der Waals surface area contributed by atoms with E-state index >= 15 is 0 Å². The number of rotatable bonds is 3. The summed E-state index contributed by atoms with van der Waals surface area (Å²) in [5.74, 6) is -1.14. The fraction of sp³-hybridized carbons (Fsp3) is 0.231. The summed E-state index contributed by atoms with van der Waals surface area (Å²) in [4.78, 5) is 7.89. The molecule has 0 unspecified atom stereocenters. The first kappa shape index (κ1) is 15.1. The number of nitrogens with one attached hydrogen (secondary N) is 1. The quantitative estimate of drug-likeness (QED) is 0.778. The zero-order chi connectivity index (χ0) is 14.9. The van der Waals surface area contributed by atoms with Crippen LogP contribution in [-0.4, -0.2) is 9.97 Å². The van der Waals surface area contributed by atoms with Crippen LogP contribution in [0.1, 0.15) is 25.3 Å². The standard InChI is InChI=1S/C13H11BrClF2N3/c1-6(2)10-12(15)18-5-19-13(10)20-11-8(16)3-7(14)4-9(11)17/h3-6H,1-2H3,(H,18,19,20). The molecule has 0 amide bonds. The number of hydrogen-bond donors (Lipinski definition) is 1. The highest BCUT2D eigenvalue weighted by molar-refractivity contribution is 9.10. The molecular formula is C13H11BrClF2N3. The second kappa shape index (κ2) is 6.01. The summed E-state index contributed by atoms with van der Waals surface area (Å²) in [6.45, 7) is 3.79. The van der Waals surface area contributed by atoms with Gasteiger partial charge in [0.1, 0.15) is 23.0 Å². The molecule has 0 fully saturated rings. The van der Waals surface area contributed by atoms with E-state index < -0.39 is 11.6 Å². The van der Waals surface area contributed by atoms with Gasteiger partial charge in [0.05, 0.1) is 0 Å². The second-order valence-electron chi connectivity index (χ2n) is 4.45. The highest BCUT2D eigenvalue weighted by Gasteiger charge is 2.17. The van der Waals surface area contributed by atoms with Gasteiger partial charge in [0.15, 0.2) is 11.6 Å². The molecule has 0 saturated heterocycles. The van der Waals surface area contributed by atoms with Crippen molar-refractivity contribution in [3.63, 3.8) is 0 Å². The Labute approximate surface area is 128 Å². The van der Waals surface area contributed by atoms with Crippen LogP contribution in [0, 0.1) is 11.6 Å². The van der Waals surface area contributed by atoms with Crippen LogP contribution in [-0.2, 0) is 0 Å². The van der Waals surface area contributed by atoms with Crippen molar-refractivity contribution in [3.8, 4) is 0 Å². The lowest BCUT2D eigenvalue weighted by Gasteiger charge is -2.15. The molecule has 0 bridgehead atoms. The Balaban J connectivity index is 2.48. The van der Waals surface area contributed by atoms with Gasteiger partial charge in [-0.15, -0.1) is 0 Å². The minimum Gasteiger partial charge on any atom is -0.335 e. The summed E-state index contributed by atoms with van der Waals surface area (Å²) in [6.07, 6.45) is 1.24. The first-order valence-corrected chi connectivity index (χ1v) is 6.99. The second-order valence-corrected chi connectivity index (χ2v) is 5.72. The van der Waals surface area contributed by atoms with Crippen LogP contribution in [0.5, 0.6) is 0 Å². The molecule has 3 nitrogen and oxygen atoms in total. The zero-order valence-electron chi connectivity index (χ0n) is 10.7. The van der Waals surface area contributed by atoms with Crippen LogP contribution >= 0.6 is 27.5 Å². The zero-order valence-corrected chi connectivity index (χ0v) is 13.1. The normalized spacial score (nSPS) is 10.9. The van der Waals surface area contributed by atoms with E-state index in [1.54, 1.807) is 0 Å². The third-order valence-electron chi connectivity index (χ3n) is 2.66. The van der Waals surface area contributed by atoms with Crippen LogP contribution in [0.2, 0.25) is 5.15 Å². The Hall–Kier alpha value is -1.27. The lowest BCUT2D eigenvalue weighted by Crippen LogP contribution is -2.05. The molecule has 20 heavy (non-hydrogen) atoms. The molecule has 0 aliphatic carbocycles. The molecule has 0 radical (unpaired) electrons. The van der Waals surface area contributed by atoms with Gasteiger partial charge in [0, 0.05) is 10.0 Å². The van der Waals surface area contributed by atoms with E-state index in [-0.39, 0.29) is 16.8 Å². The van der Waals surface area contributed by atoms with E-state index in [1.807, 2.05) is 13.8 Å². The highest BCUT2D eigenvalue weighted by Crippen LogP contribution is 2.32. The fourth-order valence-corrected chi connectivity index (χ4v) is 2.52. The predicted octanol–water partition coefficient (Wildman–Crippen LogP) is 5.04. The minimum atomic E-state index is -0.721. The van der Waals surface area contributed by atoms with Crippen molar-refractivity contribution in [1.29, 1.82) is 0 Å². The van der Waals surface area contributed by atoms with Gasteiger partial charge in [-0.3, -0.25) is 0 Å². The third-order valence-corrected chi connectivity index (χ3v) is 3.42. The highest BCUT2D eigenvalue weighted by atomic mass is 79.9. The molecule has 106 valence electrons. The Morgan fingerprint density at radius 3 is 2.35 bits per heavy atom. The maximum atomic E-state index is 13.8. The van der Waals surface area contributed by atoms with Crippen molar-refractivity contribution in [2.24, 2.45) is 0 Å². The molecule has 1 aromatic heterocycles. The number of hydrogen-bond acceptors (Lipinski definition) is 3. The van der Waals surface area contributed by atoms with Gasteiger partial charge in [-0.1, -0.05) is 41.4 Å². The van der Waals surface area contributed by atoms with E-state index in [1.165, 1.54) is 18.5 Å². The SMILES string of the molecule is CC(C)c1c(Cl)ncnc1Nc1c(F)cc(Br)cc1F. The predicted molar refractivity (Wildman–Crippen MR) is 78.5 cm³/mol. The monoisotopic (exact) mass is 361 g/mol. The molecule has 7 heteroatoms. The van der Waals surface area contributed by atoms with E-state index in [4.69, 9.17) is 11.6 Å². The van der Waals surface area contributed by atoms with Gasteiger partial charge in [0.2, 0.25) is 0 Å². The Morgan fingerprint density at radius 1 is 1.20 bits per heavy atom. The number of anilines is 2. The molecule has 1 N–H and O–H groups in total. The molecule has 1 aromatic carbocycles. The van der Waals surface area contributed by atoms with E-state index in [2.05, 4.69) is 31.2 Å². The molecule has 0 atom stereocenters. The Bertz CT molecular complexity index is 627. The maximum absolute atomic E-state index is 13.8. The van der Waals surface area contributed by atoms with Crippen LogP contribution in [0.4, 0.5) is 20.3 Å². The first-order chi connectivity index (χ1) is 9.40. The summed E-state index contributed by atoms with van der Waals surface area (Å²) in [5.41, 5.74) is 0.334. The molecule has 0 spiro atoms. The van der Waals surface area contributed by atoms with Crippen molar-refractivity contribution in [3.05, 3.63) is 45.3 Å². The van der Waals surface area contributed by atoms with Gasteiger partial charge in [-0.05, 0) is 18.1 Å². The van der Waals surface area contributed by atoms with E-state index in [0.717, 1.165) is 0 Å². The van der Waals surface area contributed by atoms with E-state index in [0.29, 0.717) is 15.9 Å². The summed E-state index contributed by atoms with van der Waals surface area (Å²) in [6, 6.07) is 2.34. The molecule has 0 aliphatic rings. The lowest BCUT2D eigenvalue weighted by molar-refractivity contribution is 0.589. The van der Waals surface area contributed by atoms with Gasteiger partial charge < -0.3 is 5.32 Å². The summed E-state index contributed by atoms with van der Waals surface area (Å²) < 4.78 is 28.0. The van der Waals surface area contributed by atoms with Gasteiger partial charge in [-0.25, -0.2) is 18.7 Å². The van der Waals surface area contributed by atoms with Crippen molar-refractivity contribution in [1.82, 2.24) is 9.97 Å². The third kappa shape index (κ3) is 3.07. The first-order valence-electron chi connectivity index (χ1n) is 5.82. The molecule has 0 aliphatic heterocycles. The average molecular weight is 363 g/mol. The minimum absolute atomic E-state index is 0.00720. The van der Waals surface area contributed by atoms with Gasteiger partial charge >= 0.3 is 0 Å². The van der Waals surface area contributed by atoms with E-state index in [9.17, 15) is 8.78 Å². The van der Waals surface area contributed by atoms with Gasteiger partial charge in [0.25, 0.3) is 0 Å². The van der Waals surface area contributed by atoms with Crippen molar-refractivity contribution < 1.29 is 8.78 Å². The number of nitrogens with zero attached hydrogens (tertiary/aromatic N) is 2. The summed E-state index contributed by atoms with van der Waals surface area (Å²) in [5, 5.41) is 2.91. The molecule has 2 rings (SSSR count). The van der Waals surface area contributed by atoms with Crippen LogP contribution in [0.15, 0.2) is 22.9 Å². The number of aromatic nitrogens is 2. The average Bonchev–Trinajstić information content (AvgIpc) is 2.33. The lowest BCUT2D eigenvalue weighted by atomic mass is 10.1. The molecule has 0 saturated carbocycles. The fourth-order valence-electron chi connectivity index (χ4n) is 1.77. The molecule has 1 heterocycles. The van der Waals surface area contributed by atoms with Crippen LogP contribution in [0.25, 0.3) is 0 Å². The maximum Gasteiger partial charge on any atom is 0.150 e. The number of benzene rings is 1. The summed E-state index contributed by atoms with van der Waals surface area (Å²) >= 11 is 9.04. The summed E-state index contributed by atoms with van der Waals surface area (Å²) in [7, 11) is 0. The number of halogens is 4. The Kier molecular flexibility index (Phi) is 4.55. The smallest absolute Gasteiger partial charge is 0.150 e.